The molecule has 0 bridgehead atoms. The van der Waals surface area contributed by atoms with Gasteiger partial charge in [0.05, 0.1) is 0 Å². The lowest BCUT2D eigenvalue weighted by Crippen LogP contribution is -2.52. The maximum absolute atomic E-state index is 3.61. The van der Waals surface area contributed by atoms with E-state index in [1.807, 2.05) is 0 Å². The molecule has 2 heterocycles. The van der Waals surface area contributed by atoms with Crippen molar-refractivity contribution in [1.29, 1.82) is 0 Å². The summed E-state index contributed by atoms with van der Waals surface area (Å²) >= 11 is 0. The molecule has 15 heavy (non-hydrogen) atoms. The molecule has 1 N–H and O–H groups in total. The first-order valence-corrected chi connectivity index (χ1v) is 6.54. The van der Waals surface area contributed by atoms with Crippen LogP contribution in [0, 0.1) is 5.41 Å². The summed E-state index contributed by atoms with van der Waals surface area (Å²) in [5.41, 5.74) is 0.589. The molecule has 2 rings (SSSR count). The summed E-state index contributed by atoms with van der Waals surface area (Å²) in [7, 11) is 0. The van der Waals surface area contributed by atoms with Crippen molar-refractivity contribution in [2.75, 3.05) is 19.6 Å². The molecule has 0 saturated carbocycles. The van der Waals surface area contributed by atoms with E-state index in [0.717, 1.165) is 12.1 Å². The van der Waals surface area contributed by atoms with Crippen LogP contribution in [0.3, 0.4) is 0 Å². The Morgan fingerprint density at radius 2 is 1.80 bits per heavy atom. The van der Waals surface area contributed by atoms with Crippen LogP contribution in [0.1, 0.15) is 46.5 Å². The van der Waals surface area contributed by atoms with Crippen LogP contribution in [0.2, 0.25) is 0 Å². The van der Waals surface area contributed by atoms with E-state index < -0.39 is 0 Å². The van der Waals surface area contributed by atoms with Crippen LogP contribution in [-0.2, 0) is 0 Å². The molecule has 2 heteroatoms. The molecule has 0 aromatic heterocycles. The third-order valence-corrected chi connectivity index (χ3v) is 4.30. The molecule has 0 amide bonds. The molecular formula is C13H26N2. The van der Waals surface area contributed by atoms with E-state index in [-0.39, 0.29) is 0 Å². The van der Waals surface area contributed by atoms with Crippen molar-refractivity contribution in [1.82, 2.24) is 10.2 Å². The topological polar surface area (TPSA) is 15.3 Å². The monoisotopic (exact) mass is 210 g/mol. The number of hydrogen-bond acceptors (Lipinski definition) is 2. The summed E-state index contributed by atoms with van der Waals surface area (Å²) in [4.78, 5) is 2.71. The molecule has 0 spiro atoms. The first kappa shape index (κ1) is 11.4. The van der Waals surface area contributed by atoms with Crippen molar-refractivity contribution >= 4 is 0 Å². The largest absolute Gasteiger partial charge is 0.313 e. The highest BCUT2D eigenvalue weighted by atomic mass is 15.2. The molecule has 2 fully saturated rings. The van der Waals surface area contributed by atoms with Gasteiger partial charge in [-0.2, -0.15) is 0 Å². The second-order valence-corrected chi connectivity index (χ2v) is 6.24. The van der Waals surface area contributed by atoms with Crippen molar-refractivity contribution in [3.8, 4) is 0 Å². The summed E-state index contributed by atoms with van der Waals surface area (Å²) in [5, 5.41) is 3.61. The van der Waals surface area contributed by atoms with Gasteiger partial charge in [-0.25, -0.2) is 0 Å². The fourth-order valence-corrected chi connectivity index (χ4v) is 2.79. The van der Waals surface area contributed by atoms with Crippen LogP contribution in [0.15, 0.2) is 0 Å². The number of likely N-dealkylation sites (tertiary alicyclic amines) is 1. The quantitative estimate of drug-likeness (QED) is 0.714. The number of hydrogen-bond donors (Lipinski definition) is 1. The number of rotatable bonds is 1. The Morgan fingerprint density at radius 1 is 1.13 bits per heavy atom. The fourth-order valence-electron chi connectivity index (χ4n) is 2.79. The first-order chi connectivity index (χ1) is 7.07. The van der Waals surface area contributed by atoms with Gasteiger partial charge in [0.2, 0.25) is 0 Å². The van der Waals surface area contributed by atoms with Crippen LogP contribution < -0.4 is 5.32 Å². The van der Waals surface area contributed by atoms with E-state index in [4.69, 9.17) is 0 Å². The SMILES string of the molecule is CC1CCC(N2CCC(C)(C)CC2)CN1. The molecule has 2 nitrogen and oxygen atoms in total. The third kappa shape index (κ3) is 2.94. The minimum Gasteiger partial charge on any atom is -0.313 e. The van der Waals surface area contributed by atoms with Gasteiger partial charge in [-0.1, -0.05) is 13.8 Å². The third-order valence-electron chi connectivity index (χ3n) is 4.30. The van der Waals surface area contributed by atoms with Gasteiger partial charge in [0.25, 0.3) is 0 Å². The van der Waals surface area contributed by atoms with E-state index in [9.17, 15) is 0 Å². The zero-order chi connectivity index (χ0) is 10.9. The van der Waals surface area contributed by atoms with Gasteiger partial charge in [0, 0.05) is 18.6 Å². The van der Waals surface area contributed by atoms with E-state index in [1.54, 1.807) is 0 Å². The van der Waals surface area contributed by atoms with Gasteiger partial charge in [-0.05, 0) is 51.1 Å². The Kier molecular flexibility index (Phi) is 3.36. The van der Waals surface area contributed by atoms with Crippen molar-refractivity contribution in [2.24, 2.45) is 5.41 Å². The van der Waals surface area contributed by atoms with E-state index in [2.05, 4.69) is 31.0 Å². The summed E-state index contributed by atoms with van der Waals surface area (Å²) in [5.74, 6) is 0. The normalized spacial score (nSPS) is 37.8. The number of piperidine rings is 2. The molecular weight excluding hydrogens is 184 g/mol. The molecule has 0 aromatic rings. The van der Waals surface area contributed by atoms with Gasteiger partial charge >= 0.3 is 0 Å². The molecule has 0 aliphatic carbocycles. The maximum Gasteiger partial charge on any atom is 0.0221 e. The number of nitrogens with zero attached hydrogens (tertiary/aromatic N) is 1. The lowest BCUT2D eigenvalue weighted by molar-refractivity contribution is 0.0770. The Hall–Kier alpha value is -0.0800. The van der Waals surface area contributed by atoms with Crippen LogP contribution >= 0.6 is 0 Å². The van der Waals surface area contributed by atoms with Crippen molar-refractivity contribution < 1.29 is 0 Å². The summed E-state index contributed by atoms with van der Waals surface area (Å²) in [6.45, 7) is 11.0. The van der Waals surface area contributed by atoms with Gasteiger partial charge in [0.15, 0.2) is 0 Å². The maximum atomic E-state index is 3.61. The molecule has 2 aliphatic heterocycles. The summed E-state index contributed by atoms with van der Waals surface area (Å²) < 4.78 is 0. The van der Waals surface area contributed by atoms with Gasteiger partial charge in [-0.15, -0.1) is 0 Å². The smallest absolute Gasteiger partial charge is 0.0221 e. The average molecular weight is 210 g/mol. The highest BCUT2D eigenvalue weighted by molar-refractivity contribution is 4.86. The van der Waals surface area contributed by atoms with Crippen LogP contribution in [0.5, 0.6) is 0 Å². The van der Waals surface area contributed by atoms with Crippen LogP contribution in [-0.4, -0.2) is 36.6 Å². The Morgan fingerprint density at radius 3 is 2.33 bits per heavy atom. The molecule has 0 radical (unpaired) electrons. The standard InChI is InChI=1S/C13H26N2/c1-11-4-5-12(10-14-11)15-8-6-13(2,3)7-9-15/h11-12,14H,4-10H2,1-3H3. The molecule has 2 atom stereocenters. The van der Waals surface area contributed by atoms with E-state index in [0.29, 0.717) is 5.41 Å². The second-order valence-electron chi connectivity index (χ2n) is 6.24. The highest BCUT2D eigenvalue weighted by Crippen LogP contribution is 2.31. The Labute approximate surface area is 94.4 Å². The molecule has 2 unspecified atom stereocenters. The predicted octanol–water partition coefficient (Wildman–Crippen LogP) is 2.25. The predicted molar refractivity (Wildman–Crippen MR) is 65.1 cm³/mol. The lowest BCUT2D eigenvalue weighted by atomic mass is 9.82. The van der Waals surface area contributed by atoms with Gasteiger partial charge in [0.1, 0.15) is 0 Å². The zero-order valence-electron chi connectivity index (χ0n) is 10.6. The van der Waals surface area contributed by atoms with Crippen molar-refractivity contribution in [3.63, 3.8) is 0 Å². The average Bonchev–Trinajstić information content (AvgIpc) is 2.20. The molecule has 2 saturated heterocycles. The lowest BCUT2D eigenvalue weighted by Gasteiger charge is -2.43. The number of nitrogens with one attached hydrogen (secondary N) is 1. The van der Waals surface area contributed by atoms with Crippen molar-refractivity contribution in [2.45, 2.75) is 58.5 Å². The zero-order valence-corrected chi connectivity index (χ0v) is 10.6. The second kappa shape index (κ2) is 4.42. The van der Waals surface area contributed by atoms with Gasteiger partial charge in [-0.3, -0.25) is 4.90 Å². The summed E-state index contributed by atoms with van der Waals surface area (Å²) in [6.07, 6.45) is 5.50. The minimum absolute atomic E-state index is 0.589. The molecule has 2 aliphatic rings. The van der Waals surface area contributed by atoms with Crippen LogP contribution in [0.4, 0.5) is 0 Å². The Bertz CT molecular complexity index is 195. The van der Waals surface area contributed by atoms with Gasteiger partial charge < -0.3 is 5.32 Å². The minimum atomic E-state index is 0.589. The molecule has 88 valence electrons. The molecule has 0 aromatic carbocycles. The highest BCUT2D eigenvalue weighted by Gasteiger charge is 2.30. The van der Waals surface area contributed by atoms with E-state index >= 15 is 0 Å². The fraction of sp³-hybridized carbons (Fsp3) is 1.00. The first-order valence-electron chi connectivity index (χ1n) is 6.54. The van der Waals surface area contributed by atoms with Crippen molar-refractivity contribution in [3.05, 3.63) is 0 Å². The van der Waals surface area contributed by atoms with E-state index in [1.165, 1.54) is 45.3 Å². The summed E-state index contributed by atoms with van der Waals surface area (Å²) in [6, 6.07) is 1.56. The Balaban J connectivity index is 1.80. The van der Waals surface area contributed by atoms with Crippen LogP contribution in [0.25, 0.3) is 0 Å².